The normalized spacial score (nSPS) is 16.1. The first-order valence-electron chi connectivity index (χ1n) is 8.56. The Morgan fingerprint density at radius 1 is 1.41 bits per heavy atom. The van der Waals surface area contributed by atoms with Gasteiger partial charge in [0.2, 0.25) is 5.13 Å². The Bertz CT molecular complexity index is 745. The Hall–Kier alpha value is -0.980. The molecule has 0 amide bonds. The molecule has 11 heteroatoms. The van der Waals surface area contributed by atoms with Crippen molar-refractivity contribution in [1.29, 1.82) is 0 Å². The van der Waals surface area contributed by atoms with Crippen molar-refractivity contribution in [3.05, 3.63) is 28.7 Å². The highest BCUT2D eigenvalue weighted by Crippen LogP contribution is 2.32. The maximum atomic E-state index is 14.3. The zero-order chi connectivity index (χ0) is 19.3. The van der Waals surface area contributed by atoms with Gasteiger partial charge in [-0.1, -0.05) is 0 Å². The first-order valence-corrected chi connectivity index (χ1v) is 10.9. The van der Waals surface area contributed by atoms with E-state index in [1.54, 1.807) is 6.07 Å². The Kier molecular flexibility index (Phi) is 7.29. The molecule has 0 spiro atoms. The Morgan fingerprint density at radius 3 is 2.93 bits per heavy atom. The summed E-state index contributed by atoms with van der Waals surface area (Å²) in [6.07, 6.45) is 3.42. The van der Waals surface area contributed by atoms with Crippen LogP contribution in [0.2, 0.25) is 0 Å². The predicted octanol–water partition coefficient (Wildman–Crippen LogP) is 2.76. The summed E-state index contributed by atoms with van der Waals surface area (Å²) in [5.41, 5.74) is 5.56. The number of aromatic nitrogens is 2. The van der Waals surface area contributed by atoms with Crippen molar-refractivity contribution in [2.75, 3.05) is 42.8 Å². The summed E-state index contributed by atoms with van der Waals surface area (Å²) in [7, 11) is 0. The van der Waals surface area contributed by atoms with Crippen LogP contribution in [-0.4, -0.2) is 57.7 Å². The fourth-order valence-corrected chi connectivity index (χ4v) is 4.60. The largest absolute Gasteiger partial charge is 0.386 e. The first-order chi connectivity index (χ1) is 13.0. The summed E-state index contributed by atoms with van der Waals surface area (Å²) in [5, 5.41) is 13.8. The lowest BCUT2D eigenvalue weighted by molar-refractivity contribution is -0.0900. The van der Waals surface area contributed by atoms with Gasteiger partial charge in [-0.05, 0) is 59.4 Å². The zero-order valence-electron chi connectivity index (χ0n) is 14.6. The first kappa shape index (κ1) is 20.7. The van der Waals surface area contributed by atoms with E-state index in [9.17, 15) is 9.50 Å². The van der Waals surface area contributed by atoms with Crippen molar-refractivity contribution in [3.8, 4) is 0 Å². The van der Waals surface area contributed by atoms with Crippen molar-refractivity contribution in [2.24, 2.45) is 5.73 Å². The van der Waals surface area contributed by atoms with Crippen molar-refractivity contribution < 1.29 is 9.50 Å². The molecule has 27 heavy (non-hydrogen) atoms. The van der Waals surface area contributed by atoms with Crippen molar-refractivity contribution >= 4 is 50.2 Å². The van der Waals surface area contributed by atoms with E-state index >= 15 is 0 Å². The molecule has 2 heterocycles. The summed E-state index contributed by atoms with van der Waals surface area (Å²) in [6.45, 7) is 3.31. The topological polar surface area (TPSA) is 99.3 Å². The third kappa shape index (κ3) is 5.75. The molecule has 0 radical (unpaired) electrons. The molecule has 1 fully saturated rings. The molecule has 148 valence electrons. The number of unbranched alkanes of at least 4 members (excludes halogenated alkanes) is 1. The highest BCUT2D eigenvalue weighted by atomic mass is 79.9. The minimum absolute atomic E-state index is 0.302. The number of hydrogen-bond acceptors (Lipinski definition) is 9. The number of rotatable bonds is 10. The van der Waals surface area contributed by atoms with Gasteiger partial charge in [0.25, 0.3) is 0 Å². The number of nitrogens with one attached hydrogen (secondary N) is 2. The smallest absolute Gasteiger partial charge is 0.212 e. The molecule has 1 aliphatic rings. The third-order valence-electron chi connectivity index (χ3n) is 4.26. The van der Waals surface area contributed by atoms with Gasteiger partial charge in [-0.2, -0.15) is 4.37 Å². The van der Waals surface area contributed by atoms with Crippen LogP contribution in [-0.2, 0) is 0 Å². The second kappa shape index (κ2) is 9.48. The van der Waals surface area contributed by atoms with Crippen LogP contribution in [0.25, 0.3) is 0 Å². The Labute approximate surface area is 174 Å². The van der Waals surface area contributed by atoms with Gasteiger partial charge < -0.3 is 20.9 Å². The number of halogens is 2. The molecule has 3 rings (SSSR count). The third-order valence-corrected chi connectivity index (χ3v) is 6.46. The van der Waals surface area contributed by atoms with Crippen LogP contribution in [0.4, 0.5) is 15.2 Å². The van der Waals surface area contributed by atoms with Gasteiger partial charge in [0.05, 0.1) is 10.6 Å². The fraction of sp³-hybridized carbons (Fsp3) is 0.500. The van der Waals surface area contributed by atoms with Crippen LogP contribution in [0.3, 0.4) is 0 Å². The van der Waals surface area contributed by atoms with Gasteiger partial charge in [0.15, 0.2) is 0 Å². The van der Waals surface area contributed by atoms with Gasteiger partial charge >= 0.3 is 0 Å². The Morgan fingerprint density at radius 2 is 2.22 bits per heavy atom. The number of benzene rings is 1. The van der Waals surface area contributed by atoms with Gasteiger partial charge in [0.1, 0.15) is 17.7 Å². The van der Waals surface area contributed by atoms with Crippen LogP contribution in [0.15, 0.2) is 27.8 Å². The molecule has 0 aliphatic carbocycles. The van der Waals surface area contributed by atoms with E-state index in [1.807, 2.05) is 0 Å². The van der Waals surface area contributed by atoms with E-state index < -0.39 is 5.60 Å². The summed E-state index contributed by atoms with van der Waals surface area (Å²) in [6, 6.07) is 3.23. The second-order valence-corrected chi connectivity index (χ2v) is 8.97. The van der Waals surface area contributed by atoms with E-state index in [0.717, 1.165) is 48.0 Å². The SMILES string of the molecule is NCC1(O)CN(CCCCNc2cc(F)c(SNc3ncns3)cc2Br)C1. The number of β-amino-alcohol motifs (C(OH)–C–C–N with tert-alkyl or cyclic N) is 1. The minimum Gasteiger partial charge on any atom is -0.386 e. The fourth-order valence-electron chi connectivity index (χ4n) is 2.82. The van der Waals surface area contributed by atoms with E-state index in [-0.39, 0.29) is 5.82 Å². The lowest BCUT2D eigenvalue weighted by atomic mass is 9.94. The number of nitrogens with zero attached hydrogens (tertiary/aromatic N) is 3. The molecule has 0 atom stereocenters. The zero-order valence-corrected chi connectivity index (χ0v) is 17.8. The van der Waals surface area contributed by atoms with Crippen LogP contribution >= 0.6 is 39.4 Å². The highest BCUT2D eigenvalue weighted by Gasteiger charge is 2.39. The van der Waals surface area contributed by atoms with Gasteiger partial charge in [-0.3, -0.25) is 4.90 Å². The standard InChI is InChI=1S/C16H22BrFN6OS2/c17-11-5-14(26-23-15-21-10-22-27-15)12(18)6-13(11)20-3-1-2-4-24-8-16(25,7-19)9-24/h5-6,10,20,25H,1-4,7-9,19H2,(H,21,22,23). The van der Waals surface area contributed by atoms with Crippen molar-refractivity contribution in [1.82, 2.24) is 14.3 Å². The molecule has 0 saturated carbocycles. The monoisotopic (exact) mass is 476 g/mol. The van der Waals surface area contributed by atoms with E-state index in [1.165, 1.54) is 23.9 Å². The summed E-state index contributed by atoms with van der Waals surface area (Å²) in [5.74, 6) is -0.302. The van der Waals surface area contributed by atoms with Crippen LogP contribution in [0.5, 0.6) is 0 Å². The van der Waals surface area contributed by atoms with Crippen LogP contribution < -0.4 is 15.8 Å². The van der Waals surface area contributed by atoms with Gasteiger partial charge in [-0.25, -0.2) is 9.37 Å². The van der Waals surface area contributed by atoms with E-state index in [0.29, 0.717) is 29.7 Å². The number of hydrogen-bond donors (Lipinski definition) is 4. The lowest BCUT2D eigenvalue weighted by Crippen LogP contribution is -2.65. The Balaban J connectivity index is 1.39. The molecule has 1 aromatic carbocycles. The van der Waals surface area contributed by atoms with Crippen LogP contribution in [0.1, 0.15) is 12.8 Å². The minimum atomic E-state index is -0.689. The molecular weight excluding hydrogens is 455 g/mol. The molecule has 0 bridgehead atoms. The van der Waals surface area contributed by atoms with Crippen molar-refractivity contribution in [3.63, 3.8) is 0 Å². The number of anilines is 2. The molecule has 7 nitrogen and oxygen atoms in total. The van der Waals surface area contributed by atoms with Gasteiger partial charge in [0, 0.05) is 42.2 Å². The van der Waals surface area contributed by atoms with E-state index in [4.69, 9.17) is 5.73 Å². The summed E-state index contributed by atoms with van der Waals surface area (Å²) < 4.78 is 22.0. The lowest BCUT2D eigenvalue weighted by Gasteiger charge is -2.46. The molecule has 1 saturated heterocycles. The molecule has 1 aliphatic heterocycles. The van der Waals surface area contributed by atoms with E-state index in [2.05, 4.69) is 40.2 Å². The summed E-state index contributed by atoms with van der Waals surface area (Å²) in [4.78, 5) is 6.67. The van der Waals surface area contributed by atoms with Crippen molar-refractivity contribution in [2.45, 2.75) is 23.3 Å². The predicted molar refractivity (Wildman–Crippen MR) is 112 cm³/mol. The quantitative estimate of drug-likeness (QED) is 0.306. The second-order valence-electron chi connectivity index (χ2n) is 6.49. The number of likely N-dealkylation sites (tertiary alicyclic amines) is 1. The van der Waals surface area contributed by atoms with Crippen LogP contribution in [0, 0.1) is 5.82 Å². The maximum Gasteiger partial charge on any atom is 0.212 e. The number of nitrogens with two attached hydrogens (primary N) is 1. The molecule has 2 aromatic rings. The average molecular weight is 477 g/mol. The van der Waals surface area contributed by atoms with Gasteiger partial charge in [-0.15, -0.1) is 0 Å². The summed E-state index contributed by atoms with van der Waals surface area (Å²) >= 11 is 5.87. The maximum absolute atomic E-state index is 14.3. The number of aliphatic hydroxyl groups is 1. The average Bonchev–Trinajstić information content (AvgIpc) is 3.14. The molecule has 0 unspecified atom stereocenters. The molecule has 1 aromatic heterocycles. The molecular formula is C16H22BrFN6OS2. The molecule has 5 N–H and O–H groups in total. The highest BCUT2D eigenvalue weighted by molar-refractivity contribution is 9.10.